The quantitative estimate of drug-likeness (QED) is 0.543. The number of anilines is 2. The van der Waals surface area contributed by atoms with Crippen LogP contribution >= 0.6 is 11.3 Å². The highest BCUT2D eigenvalue weighted by Crippen LogP contribution is 2.29. The fourth-order valence-corrected chi connectivity index (χ4v) is 4.36. The zero-order valence-electron chi connectivity index (χ0n) is 17.4. The lowest BCUT2D eigenvalue weighted by Gasteiger charge is -2.30. The van der Waals surface area contributed by atoms with Crippen molar-refractivity contribution < 1.29 is 9.53 Å². The standard InChI is InChI=1S/C22H24N6O2S/c1-28-7-5-16(6-8-28)24-17-4-3-15(10-19(17)30-2)22(29)25-21-11-18(26-27-21)20-9-14(12-23)13-31-20/h3-4,9-11,13,16,24H,5-8H2,1-2H3,(H2,25,26,27,29). The van der Waals surface area contributed by atoms with Crippen LogP contribution in [0.25, 0.3) is 10.6 Å². The van der Waals surface area contributed by atoms with Gasteiger partial charge in [0.1, 0.15) is 11.8 Å². The number of likely N-dealkylation sites (tertiary alicyclic amines) is 1. The molecule has 1 fully saturated rings. The minimum Gasteiger partial charge on any atom is -0.495 e. The zero-order valence-corrected chi connectivity index (χ0v) is 18.3. The number of rotatable bonds is 6. The summed E-state index contributed by atoms with van der Waals surface area (Å²) in [6, 6.07) is 11.4. The van der Waals surface area contributed by atoms with Crippen LogP contribution in [0.4, 0.5) is 11.5 Å². The average Bonchev–Trinajstić information content (AvgIpc) is 3.45. The van der Waals surface area contributed by atoms with Gasteiger partial charge in [-0.2, -0.15) is 10.4 Å². The molecule has 0 unspecified atom stereocenters. The minimum atomic E-state index is -0.272. The number of piperidine rings is 1. The Morgan fingerprint density at radius 1 is 1.32 bits per heavy atom. The second-order valence-electron chi connectivity index (χ2n) is 7.57. The monoisotopic (exact) mass is 436 g/mol. The van der Waals surface area contributed by atoms with E-state index in [4.69, 9.17) is 10.00 Å². The van der Waals surface area contributed by atoms with Gasteiger partial charge >= 0.3 is 0 Å². The lowest BCUT2D eigenvalue weighted by Crippen LogP contribution is -2.36. The second kappa shape index (κ2) is 9.20. The molecule has 1 amide bonds. The molecule has 3 heterocycles. The molecule has 1 aromatic carbocycles. The number of methoxy groups -OCH3 is 1. The molecule has 2 aromatic heterocycles. The summed E-state index contributed by atoms with van der Waals surface area (Å²) < 4.78 is 5.52. The molecule has 3 N–H and O–H groups in total. The van der Waals surface area contributed by atoms with Gasteiger partial charge in [-0.1, -0.05) is 0 Å². The van der Waals surface area contributed by atoms with E-state index in [1.807, 2.05) is 6.07 Å². The molecule has 0 radical (unpaired) electrons. The third-order valence-corrected chi connectivity index (χ3v) is 6.32. The Labute approximate surface area is 184 Å². The number of ether oxygens (including phenoxy) is 1. The van der Waals surface area contributed by atoms with E-state index < -0.39 is 0 Å². The number of benzene rings is 1. The van der Waals surface area contributed by atoms with Crippen molar-refractivity contribution >= 4 is 28.7 Å². The number of carbonyl (C=O) groups is 1. The van der Waals surface area contributed by atoms with Gasteiger partial charge in [-0.15, -0.1) is 11.3 Å². The molecule has 0 saturated carbocycles. The van der Waals surface area contributed by atoms with Crippen LogP contribution < -0.4 is 15.4 Å². The number of nitriles is 1. The third kappa shape index (κ3) is 4.87. The summed E-state index contributed by atoms with van der Waals surface area (Å²) in [6.07, 6.45) is 2.15. The van der Waals surface area contributed by atoms with E-state index in [1.165, 1.54) is 11.3 Å². The number of aromatic amines is 1. The average molecular weight is 437 g/mol. The minimum absolute atomic E-state index is 0.272. The predicted molar refractivity (Wildman–Crippen MR) is 122 cm³/mol. The Balaban J connectivity index is 1.43. The number of nitrogens with one attached hydrogen (secondary N) is 3. The van der Waals surface area contributed by atoms with Gasteiger partial charge in [-0.05, 0) is 57.2 Å². The van der Waals surface area contributed by atoms with Gasteiger partial charge in [-0.25, -0.2) is 0 Å². The number of carbonyl (C=O) groups excluding carboxylic acids is 1. The van der Waals surface area contributed by atoms with Crippen molar-refractivity contribution in [1.29, 1.82) is 5.26 Å². The summed E-state index contributed by atoms with van der Waals surface area (Å²) in [7, 11) is 3.74. The predicted octanol–water partition coefficient (Wildman–Crippen LogP) is 3.78. The summed E-state index contributed by atoms with van der Waals surface area (Å²) in [4.78, 5) is 15.9. The maximum absolute atomic E-state index is 12.7. The highest BCUT2D eigenvalue weighted by Gasteiger charge is 2.19. The first-order valence-corrected chi connectivity index (χ1v) is 10.9. The number of thiophene rings is 1. The SMILES string of the molecule is COc1cc(C(=O)Nc2cc(-c3cc(C#N)cs3)[nH]n2)ccc1NC1CCN(C)CC1. The lowest BCUT2D eigenvalue weighted by molar-refractivity contribution is 0.102. The van der Waals surface area contributed by atoms with Crippen molar-refractivity contribution in [3.05, 3.63) is 46.8 Å². The third-order valence-electron chi connectivity index (χ3n) is 5.36. The van der Waals surface area contributed by atoms with E-state index in [0.717, 1.165) is 42.2 Å². The Morgan fingerprint density at radius 3 is 2.84 bits per heavy atom. The molecule has 1 aliphatic heterocycles. The Bertz CT molecular complexity index is 1110. The summed E-state index contributed by atoms with van der Waals surface area (Å²) in [5.74, 6) is 0.780. The van der Waals surface area contributed by atoms with Crippen molar-refractivity contribution in [3.8, 4) is 22.4 Å². The summed E-state index contributed by atoms with van der Waals surface area (Å²) in [6.45, 7) is 2.13. The molecule has 9 heteroatoms. The van der Waals surface area contributed by atoms with Gasteiger partial charge < -0.3 is 20.3 Å². The van der Waals surface area contributed by atoms with Crippen molar-refractivity contribution in [2.45, 2.75) is 18.9 Å². The zero-order chi connectivity index (χ0) is 21.8. The van der Waals surface area contributed by atoms with Crippen LogP contribution in [0.3, 0.4) is 0 Å². The summed E-state index contributed by atoms with van der Waals surface area (Å²) in [5, 5.41) is 24.1. The van der Waals surface area contributed by atoms with E-state index in [0.29, 0.717) is 28.7 Å². The molecule has 1 saturated heterocycles. The van der Waals surface area contributed by atoms with Gasteiger partial charge in [0, 0.05) is 23.1 Å². The van der Waals surface area contributed by atoms with Gasteiger partial charge in [0.2, 0.25) is 0 Å². The van der Waals surface area contributed by atoms with Crippen molar-refractivity contribution in [2.24, 2.45) is 0 Å². The van der Waals surface area contributed by atoms with Crippen LogP contribution in [-0.2, 0) is 0 Å². The highest BCUT2D eigenvalue weighted by atomic mass is 32.1. The smallest absolute Gasteiger partial charge is 0.257 e. The van der Waals surface area contributed by atoms with Gasteiger partial charge in [-0.3, -0.25) is 9.89 Å². The van der Waals surface area contributed by atoms with Crippen LogP contribution in [0.15, 0.2) is 35.7 Å². The molecule has 0 aliphatic carbocycles. The molecule has 1 aliphatic rings. The molecule has 31 heavy (non-hydrogen) atoms. The molecule has 0 spiro atoms. The van der Waals surface area contributed by atoms with E-state index in [9.17, 15) is 4.79 Å². The van der Waals surface area contributed by atoms with Gasteiger partial charge in [0.05, 0.1) is 28.9 Å². The largest absolute Gasteiger partial charge is 0.495 e. The van der Waals surface area contributed by atoms with Crippen LogP contribution in [0, 0.1) is 11.3 Å². The summed E-state index contributed by atoms with van der Waals surface area (Å²) >= 11 is 1.44. The maximum atomic E-state index is 12.7. The van der Waals surface area contributed by atoms with Gasteiger partial charge in [0.15, 0.2) is 5.82 Å². The summed E-state index contributed by atoms with van der Waals surface area (Å²) in [5.41, 5.74) is 2.72. The van der Waals surface area contributed by atoms with Crippen LogP contribution in [0.5, 0.6) is 5.75 Å². The molecule has 0 bridgehead atoms. The number of aromatic nitrogens is 2. The molecule has 4 rings (SSSR count). The Morgan fingerprint density at radius 2 is 2.13 bits per heavy atom. The number of hydrogen-bond acceptors (Lipinski definition) is 7. The number of H-pyrrole nitrogens is 1. The first kappa shape index (κ1) is 20.9. The van der Waals surface area contributed by atoms with Crippen LogP contribution in [0.2, 0.25) is 0 Å². The topological polar surface area (TPSA) is 106 Å². The van der Waals surface area contributed by atoms with Crippen molar-refractivity contribution in [3.63, 3.8) is 0 Å². The Hall–Kier alpha value is -3.35. The fraction of sp³-hybridized carbons (Fsp3) is 0.318. The van der Waals surface area contributed by atoms with E-state index in [1.54, 1.807) is 36.8 Å². The van der Waals surface area contributed by atoms with Crippen molar-refractivity contribution in [1.82, 2.24) is 15.1 Å². The highest BCUT2D eigenvalue weighted by molar-refractivity contribution is 7.13. The number of amides is 1. The van der Waals surface area contributed by atoms with Crippen LogP contribution in [0.1, 0.15) is 28.8 Å². The van der Waals surface area contributed by atoms with Crippen LogP contribution in [-0.4, -0.2) is 54.3 Å². The molecule has 0 atom stereocenters. The fourth-order valence-electron chi connectivity index (χ4n) is 3.56. The lowest BCUT2D eigenvalue weighted by atomic mass is 10.0. The van der Waals surface area contributed by atoms with E-state index in [-0.39, 0.29) is 5.91 Å². The van der Waals surface area contributed by atoms with E-state index >= 15 is 0 Å². The molecular weight excluding hydrogens is 412 g/mol. The molecule has 8 nitrogen and oxygen atoms in total. The first-order chi connectivity index (χ1) is 15.1. The van der Waals surface area contributed by atoms with Crippen molar-refractivity contribution in [2.75, 3.05) is 37.9 Å². The number of nitrogens with zero attached hydrogens (tertiary/aromatic N) is 3. The first-order valence-electron chi connectivity index (χ1n) is 10.0. The molecule has 160 valence electrons. The van der Waals surface area contributed by atoms with Gasteiger partial charge in [0.25, 0.3) is 5.91 Å². The second-order valence-corrected chi connectivity index (χ2v) is 8.48. The normalized spacial score (nSPS) is 14.7. The molecule has 3 aromatic rings. The molecular formula is C22H24N6O2S. The maximum Gasteiger partial charge on any atom is 0.257 e. The Kier molecular flexibility index (Phi) is 6.21. The van der Waals surface area contributed by atoms with E-state index in [2.05, 4.69) is 38.8 Å². The number of hydrogen-bond donors (Lipinski definition) is 3.